The third kappa shape index (κ3) is 7.38. The molecule has 0 radical (unpaired) electrons. The standard InChI is InChI=1S/C16H33NO/c1-4-5-10-18-11-9-17-16-8-6-7-15(13-16)12-14(2)3/h14-17H,4-13H2,1-3H3. The van der Waals surface area contributed by atoms with Crippen LogP contribution in [0.1, 0.15) is 65.7 Å². The fourth-order valence-electron chi connectivity index (χ4n) is 3.04. The third-order valence-corrected chi connectivity index (χ3v) is 3.91. The number of unbranched alkanes of at least 4 members (excludes halogenated alkanes) is 1. The van der Waals surface area contributed by atoms with E-state index in [0.29, 0.717) is 0 Å². The highest BCUT2D eigenvalue weighted by Gasteiger charge is 2.21. The molecule has 0 heterocycles. The second-order valence-electron chi connectivity index (χ2n) is 6.28. The van der Waals surface area contributed by atoms with Crippen LogP contribution in [0.3, 0.4) is 0 Å². The van der Waals surface area contributed by atoms with Crippen LogP contribution in [0.15, 0.2) is 0 Å². The lowest BCUT2D eigenvalue weighted by molar-refractivity contribution is 0.127. The first-order valence-electron chi connectivity index (χ1n) is 8.03. The summed E-state index contributed by atoms with van der Waals surface area (Å²) < 4.78 is 5.59. The van der Waals surface area contributed by atoms with E-state index in [2.05, 4.69) is 26.1 Å². The molecular formula is C16H33NO. The fourth-order valence-corrected chi connectivity index (χ4v) is 3.04. The van der Waals surface area contributed by atoms with Crippen molar-refractivity contribution < 1.29 is 4.74 Å². The summed E-state index contributed by atoms with van der Waals surface area (Å²) in [7, 11) is 0. The third-order valence-electron chi connectivity index (χ3n) is 3.91. The molecule has 2 nitrogen and oxygen atoms in total. The van der Waals surface area contributed by atoms with Crippen molar-refractivity contribution in [1.29, 1.82) is 0 Å². The zero-order chi connectivity index (χ0) is 13.2. The number of nitrogens with one attached hydrogen (secondary N) is 1. The Morgan fingerprint density at radius 1 is 1.22 bits per heavy atom. The van der Waals surface area contributed by atoms with Crippen molar-refractivity contribution in [1.82, 2.24) is 5.32 Å². The molecule has 0 aliphatic heterocycles. The summed E-state index contributed by atoms with van der Waals surface area (Å²) in [5, 5.41) is 3.68. The first-order chi connectivity index (χ1) is 8.72. The van der Waals surface area contributed by atoms with E-state index in [-0.39, 0.29) is 0 Å². The van der Waals surface area contributed by atoms with Gasteiger partial charge in [-0.2, -0.15) is 0 Å². The van der Waals surface area contributed by atoms with Crippen LogP contribution in [-0.4, -0.2) is 25.8 Å². The molecule has 2 heteroatoms. The van der Waals surface area contributed by atoms with Crippen LogP contribution in [-0.2, 0) is 4.74 Å². The Bertz CT molecular complexity index is 194. The Morgan fingerprint density at radius 3 is 2.78 bits per heavy atom. The van der Waals surface area contributed by atoms with Crippen LogP contribution >= 0.6 is 0 Å². The van der Waals surface area contributed by atoms with Gasteiger partial charge < -0.3 is 10.1 Å². The van der Waals surface area contributed by atoms with Crippen molar-refractivity contribution in [2.75, 3.05) is 19.8 Å². The van der Waals surface area contributed by atoms with Gasteiger partial charge in [0.2, 0.25) is 0 Å². The number of hydrogen-bond acceptors (Lipinski definition) is 2. The molecule has 0 aromatic rings. The Hall–Kier alpha value is -0.0800. The van der Waals surface area contributed by atoms with Gasteiger partial charge in [0.05, 0.1) is 6.61 Å². The molecule has 1 fully saturated rings. The zero-order valence-electron chi connectivity index (χ0n) is 12.7. The molecule has 1 N–H and O–H groups in total. The molecule has 0 aromatic heterocycles. The highest BCUT2D eigenvalue weighted by Crippen LogP contribution is 2.29. The fraction of sp³-hybridized carbons (Fsp3) is 1.00. The molecule has 1 saturated carbocycles. The maximum absolute atomic E-state index is 5.59. The zero-order valence-corrected chi connectivity index (χ0v) is 12.7. The molecule has 1 aliphatic carbocycles. The van der Waals surface area contributed by atoms with Crippen LogP contribution in [0.4, 0.5) is 0 Å². The van der Waals surface area contributed by atoms with E-state index in [9.17, 15) is 0 Å². The van der Waals surface area contributed by atoms with Gasteiger partial charge in [0.15, 0.2) is 0 Å². The largest absolute Gasteiger partial charge is 0.380 e. The van der Waals surface area contributed by atoms with Crippen molar-refractivity contribution in [3.63, 3.8) is 0 Å². The summed E-state index contributed by atoms with van der Waals surface area (Å²) in [4.78, 5) is 0. The average Bonchev–Trinajstić information content (AvgIpc) is 2.33. The number of rotatable bonds is 9. The quantitative estimate of drug-likeness (QED) is 0.629. The summed E-state index contributed by atoms with van der Waals surface area (Å²) in [5.74, 6) is 1.81. The minimum Gasteiger partial charge on any atom is -0.380 e. The lowest BCUT2D eigenvalue weighted by Crippen LogP contribution is -2.36. The molecule has 1 aliphatic rings. The predicted molar refractivity (Wildman–Crippen MR) is 78.9 cm³/mol. The van der Waals surface area contributed by atoms with Crippen LogP contribution in [0.2, 0.25) is 0 Å². The first kappa shape index (κ1) is 16.0. The van der Waals surface area contributed by atoms with Gasteiger partial charge in [-0.05, 0) is 37.5 Å². The highest BCUT2D eigenvalue weighted by atomic mass is 16.5. The minimum absolute atomic E-state index is 0.747. The van der Waals surface area contributed by atoms with Crippen molar-refractivity contribution in [3.8, 4) is 0 Å². The van der Waals surface area contributed by atoms with E-state index >= 15 is 0 Å². The van der Waals surface area contributed by atoms with Crippen LogP contribution in [0.25, 0.3) is 0 Å². The molecule has 0 spiro atoms. The number of ether oxygens (including phenoxy) is 1. The van der Waals surface area contributed by atoms with Gasteiger partial charge >= 0.3 is 0 Å². The summed E-state index contributed by atoms with van der Waals surface area (Å²) in [6.45, 7) is 9.74. The first-order valence-corrected chi connectivity index (χ1v) is 8.03. The van der Waals surface area contributed by atoms with E-state index in [1.165, 1.54) is 44.9 Å². The second-order valence-corrected chi connectivity index (χ2v) is 6.28. The average molecular weight is 255 g/mol. The Labute approximate surface area is 114 Å². The molecule has 2 atom stereocenters. The highest BCUT2D eigenvalue weighted by molar-refractivity contribution is 4.78. The summed E-state index contributed by atoms with van der Waals surface area (Å²) in [6.07, 6.45) is 9.43. The van der Waals surface area contributed by atoms with E-state index in [1.54, 1.807) is 0 Å². The molecule has 0 aromatic carbocycles. The van der Waals surface area contributed by atoms with Crippen molar-refractivity contribution in [2.24, 2.45) is 11.8 Å². The maximum Gasteiger partial charge on any atom is 0.0590 e. The smallest absolute Gasteiger partial charge is 0.0590 e. The van der Waals surface area contributed by atoms with Crippen LogP contribution in [0, 0.1) is 11.8 Å². The topological polar surface area (TPSA) is 21.3 Å². The van der Waals surface area contributed by atoms with E-state index in [0.717, 1.165) is 37.6 Å². The van der Waals surface area contributed by atoms with Gasteiger partial charge in [-0.1, -0.05) is 40.0 Å². The molecule has 18 heavy (non-hydrogen) atoms. The van der Waals surface area contributed by atoms with E-state index < -0.39 is 0 Å². The monoisotopic (exact) mass is 255 g/mol. The predicted octanol–water partition coefficient (Wildman–Crippen LogP) is 4.00. The van der Waals surface area contributed by atoms with Crippen LogP contribution < -0.4 is 5.32 Å². The molecule has 0 bridgehead atoms. The minimum atomic E-state index is 0.747. The Kier molecular flexibility index (Phi) is 8.70. The van der Waals surface area contributed by atoms with Gasteiger partial charge in [-0.25, -0.2) is 0 Å². The molecule has 108 valence electrons. The van der Waals surface area contributed by atoms with E-state index in [1.807, 2.05) is 0 Å². The maximum atomic E-state index is 5.59. The molecule has 1 rings (SSSR count). The summed E-state index contributed by atoms with van der Waals surface area (Å²) in [5.41, 5.74) is 0. The normalized spacial score (nSPS) is 24.7. The number of hydrogen-bond donors (Lipinski definition) is 1. The van der Waals surface area contributed by atoms with Crippen LogP contribution in [0.5, 0.6) is 0 Å². The summed E-state index contributed by atoms with van der Waals surface area (Å²) >= 11 is 0. The van der Waals surface area contributed by atoms with Crippen molar-refractivity contribution in [2.45, 2.75) is 71.8 Å². The molecule has 0 saturated heterocycles. The van der Waals surface area contributed by atoms with Gasteiger partial charge in [0.1, 0.15) is 0 Å². The molecular weight excluding hydrogens is 222 g/mol. The van der Waals surface area contributed by atoms with Gasteiger partial charge in [0.25, 0.3) is 0 Å². The Morgan fingerprint density at radius 2 is 2.06 bits per heavy atom. The lowest BCUT2D eigenvalue weighted by atomic mass is 9.81. The van der Waals surface area contributed by atoms with Crippen molar-refractivity contribution >= 4 is 0 Å². The molecule has 0 amide bonds. The summed E-state index contributed by atoms with van der Waals surface area (Å²) in [6, 6.07) is 0.747. The lowest BCUT2D eigenvalue weighted by Gasteiger charge is -2.30. The SMILES string of the molecule is CCCCOCCNC1CCCC(CC(C)C)C1. The van der Waals surface area contributed by atoms with E-state index in [4.69, 9.17) is 4.74 Å². The Balaban J connectivity index is 2.03. The van der Waals surface area contributed by atoms with Gasteiger partial charge in [-0.3, -0.25) is 0 Å². The van der Waals surface area contributed by atoms with Gasteiger partial charge in [-0.15, -0.1) is 0 Å². The van der Waals surface area contributed by atoms with Crippen molar-refractivity contribution in [3.05, 3.63) is 0 Å². The molecule has 2 unspecified atom stereocenters. The van der Waals surface area contributed by atoms with Gasteiger partial charge in [0, 0.05) is 19.2 Å². The second kappa shape index (κ2) is 9.80.